The number of fused-ring (bicyclic) bond motifs is 4. The Balaban J connectivity index is 1.28. The fourth-order valence-electron chi connectivity index (χ4n) is 4.30. The standard InChI is InChI=1S/C25H21N5O4/c1-29(21-11-34-22-8-15(2-4-17(21)22)6-7-25(32)12-33-13-25)24(31)16-3-5-18-19(9-16)30-14-27-10-20(30)23(26)28-18/h2-5,8-10,14,21,32H,11-13H2,1H3,(H2,26,28)/t21-/m1/s1. The van der Waals surface area contributed by atoms with Gasteiger partial charge in [-0.1, -0.05) is 17.9 Å². The second-order valence-corrected chi connectivity index (χ2v) is 8.62. The number of anilines is 1. The predicted molar refractivity (Wildman–Crippen MR) is 124 cm³/mol. The Labute approximate surface area is 194 Å². The number of nitrogens with two attached hydrogens (primary N) is 1. The van der Waals surface area contributed by atoms with Gasteiger partial charge in [-0.15, -0.1) is 0 Å². The molecule has 0 saturated carbocycles. The summed E-state index contributed by atoms with van der Waals surface area (Å²) in [5.74, 6) is 6.77. The van der Waals surface area contributed by atoms with Crippen LogP contribution in [0.3, 0.4) is 0 Å². The van der Waals surface area contributed by atoms with Crippen molar-refractivity contribution in [2.75, 3.05) is 32.6 Å². The number of likely N-dealkylation sites (N-methyl/N-ethyl adjacent to an activating group) is 1. The third-order valence-corrected chi connectivity index (χ3v) is 6.30. The summed E-state index contributed by atoms with van der Waals surface area (Å²) in [4.78, 5) is 23.6. The maximum Gasteiger partial charge on any atom is 0.254 e. The van der Waals surface area contributed by atoms with Gasteiger partial charge >= 0.3 is 0 Å². The Kier molecular flexibility index (Phi) is 4.49. The Bertz CT molecular complexity index is 1530. The van der Waals surface area contributed by atoms with E-state index in [1.165, 1.54) is 0 Å². The van der Waals surface area contributed by atoms with Crippen molar-refractivity contribution in [1.82, 2.24) is 19.3 Å². The molecule has 0 unspecified atom stereocenters. The van der Waals surface area contributed by atoms with E-state index in [4.69, 9.17) is 15.2 Å². The molecule has 2 aromatic carbocycles. The molecular weight excluding hydrogens is 434 g/mol. The minimum absolute atomic E-state index is 0.135. The van der Waals surface area contributed by atoms with Gasteiger partial charge in [0.1, 0.15) is 23.7 Å². The Morgan fingerprint density at radius 1 is 1.26 bits per heavy atom. The highest BCUT2D eigenvalue weighted by Gasteiger charge is 2.34. The van der Waals surface area contributed by atoms with Gasteiger partial charge in [0.25, 0.3) is 5.91 Å². The number of benzene rings is 2. The van der Waals surface area contributed by atoms with Crippen molar-refractivity contribution in [2.24, 2.45) is 0 Å². The largest absolute Gasteiger partial charge is 0.491 e. The molecule has 0 spiro atoms. The third kappa shape index (κ3) is 3.23. The van der Waals surface area contributed by atoms with Gasteiger partial charge in [-0.3, -0.25) is 9.20 Å². The van der Waals surface area contributed by atoms with E-state index in [-0.39, 0.29) is 25.2 Å². The summed E-state index contributed by atoms with van der Waals surface area (Å²) in [6.07, 6.45) is 3.31. The average molecular weight is 455 g/mol. The zero-order valence-electron chi connectivity index (χ0n) is 18.4. The lowest BCUT2D eigenvalue weighted by molar-refractivity contribution is -0.140. The summed E-state index contributed by atoms with van der Waals surface area (Å²) in [5, 5.41) is 10.1. The average Bonchev–Trinajstić information content (AvgIpc) is 3.48. The summed E-state index contributed by atoms with van der Waals surface area (Å²) in [7, 11) is 1.77. The molecule has 1 saturated heterocycles. The lowest BCUT2D eigenvalue weighted by Crippen LogP contribution is -2.48. The maximum atomic E-state index is 13.4. The van der Waals surface area contributed by atoms with E-state index in [1.807, 2.05) is 22.6 Å². The highest BCUT2D eigenvalue weighted by atomic mass is 16.5. The molecule has 9 nitrogen and oxygen atoms in total. The number of hydrogen-bond donors (Lipinski definition) is 2. The second-order valence-electron chi connectivity index (χ2n) is 8.62. The van der Waals surface area contributed by atoms with Gasteiger partial charge in [-0.25, -0.2) is 9.97 Å². The molecule has 3 N–H and O–H groups in total. The number of carbonyl (C=O) groups excluding carboxylic acids is 1. The zero-order chi connectivity index (χ0) is 23.4. The third-order valence-electron chi connectivity index (χ3n) is 6.30. The zero-order valence-corrected chi connectivity index (χ0v) is 18.4. The van der Waals surface area contributed by atoms with Gasteiger partial charge < -0.3 is 25.2 Å². The van der Waals surface area contributed by atoms with Crippen molar-refractivity contribution in [3.8, 4) is 17.6 Å². The van der Waals surface area contributed by atoms with Crippen LogP contribution in [0.15, 0.2) is 48.9 Å². The number of hydrogen-bond acceptors (Lipinski definition) is 7. The van der Waals surface area contributed by atoms with Crippen LogP contribution in [0.1, 0.15) is 27.5 Å². The first-order valence-corrected chi connectivity index (χ1v) is 10.8. The van der Waals surface area contributed by atoms with Crippen molar-refractivity contribution in [2.45, 2.75) is 11.6 Å². The van der Waals surface area contributed by atoms with Crippen molar-refractivity contribution in [1.29, 1.82) is 0 Å². The van der Waals surface area contributed by atoms with Gasteiger partial charge in [-0.2, -0.15) is 0 Å². The van der Waals surface area contributed by atoms with Crippen LogP contribution >= 0.6 is 0 Å². The van der Waals surface area contributed by atoms with Gasteiger partial charge in [0.2, 0.25) is 0 Å². The lowest BCUT2D eigenvalue weighted by Gasteiger charge is -2.30. The number of nitrogens with zero attached hydrogens (tertiary/aromatic N) is 4. The van der Waals surface area contributed by atoms with Gasteiger partial charge in [0.05, 0.1) is 42.8 Å². The van der Waals surface area contributed by atoms with E-state index in [1.54, 1.807) is 42.7 Å². The van der Waals surface area contributed by atoms with E-state index >= 15 is 0 Å². The number of amides is 1. The molecule has 1 atom stereocenters. The highest BCUT2D eigenvalue weighted by Crippen LogP contribution is 2.37. The van der Waals surface area contributed by atoms with E-state index in [9.17, 15) is 9.90 Å². The fraction of sp³-hybridized carbons (Fsp3) is 0.240. The molecule has 2 aromatic heterocycles. The Hall–Kier alpha value is -4.13. The van der Waals surface area contributed by atoms with Gasteiger partial charge in [0.15, 0.2) is 5.60 Å². The van der Waals surface area contributed by atoms with Crippen LogP contribution in [0.4, 0.5) is 5.82 Å². The molecular formula is C25H21N5O4. The number of aromatic nitrogens is 3. The van der Waals surface area contributed by atoms with Crippen LogP contribution in [0.5, 0.6) is 5.75 Å². The summed E-state index contributed by atoms with van der Waals surface area (Å²) >= 11 is 0. The molecule has 9 heteroatoms. The fourth-order valence-corrected chi connectivity index (χ4v) is 4.30. The smallest absolute Gasteiger partial charge is 0.254 e. The summed E-state index contributed by atoms with van der Waals surface area (Å²) < 4.78 is 12.7. The van der Waals surface area contributed by atoms with Crippen molar-refractivity contribution in [3.05, 3.63) is 65.6 Å². The maximum absolute atomic E-state index is 13.4. The summed E-state index contributed by atoms with van der Waals surface area (Å²) in [6, 6.07) is 10.7. The van der Waals surface area contributed by atoms with E-state index in [0.717, 1.165) is 16.6 Å². The van der Waals surface area contributed by atoms with E-state index in [2.05, 4.69) is 21.8 Å². The SMILES string of the molecule is CN(C(=O)c1ccc2nc(N)c3cncn3c2c1)[C@@H]1COc2cc(C#CC3(O)COC3)ccc21. The van der Waals surface area contributed by atoms with Crippen molar-refractivity contribution < 1.29 is 19.4 Å². The van der Waals surface area contributed by atoms with Crippen molar-refractivity contribution in [3.63, 3.8) is 0 Å². The first-order chi connectivity index (χ1) is 16.4. The molecule has 170 valence electrons. The minimum atomic E-state index is -1.07. The summed E-state index contributed by atoms with van der Waals surface area (Å²) in [5.41, 5.74) is 9.26. The molecule has 34 heavy (non-hydrogen) atoms. The number of carbonyl (C=O) groups is 1. The number of rotatable bonds is 2. The normalized spacial score (nSPS) is 18.0. The van der Waals surface area contributed by atoms with E-state index in [0.29, 0.717) is 34.8 Å². The van der Waals surface area contributed by atoms with Gasteiger partial charge in [-0.05, 0) is 30.3 Å². The topological polar surface area (TPSA) is 115 Å². The van der Waals surface area contributed by atoms with Crippen LogP contribution < -0.4 is 10.5 Å². The quantitative estimate of drug-likeness (QED) is 0.443. The predicted octanol–water partition coefficient (Wildman–Crippen LogP) is 1.78. The molecule has 0 bridgehead atoms. The van der Waals surface area contributed by atoms with Crippen LogP contribution in [0, 0.1) is 11.8 Å². The molecule has 4 aromatic rings. The molecule has 0 radical (unpaired) electrons. The molecule has 6 rings (SSSR count). The van der Waals surface area contributed by atoms with Crippen LogP contribution in [-0.2, 0) is 4.74 Å². The number of aliphatic hydroxyl groups is 1. The number of nitrogen functional groups attached to an aromatic ring is 1. The number of ether oxygens (including phenoxy) is 2. The monoisotopic (exact) mass is 455 g/mol. The van der Waals surface area contributed by atoms with Crippen LogP contribution in [0.25, 0.3) is 16.6 Å². The van der Waals surface area contributed by atoms with Crippen LogP contribution in [-0.4, -0.2) is 62.8 Å². The second kappa shape index (κ2) is 7.45. The molecule has 2 aliphatic heterocycles. The Morgan fingerprint density at radius 3 is 2.91 bits per heavy atom. The Morgan fingerprint density at radius 2 is 2.12 bits per heavy atom. The molecule has 2 aliphatic rings. The minimum Gasteiger partial charge on any atom is -0.491 e. The molecule has 1 fully saturated rings. The first-order valence-electron chi connectivity index (χ1n) is 10.8. The summed E-state index contributed by atoms with van der Waals surface area (Å²) in [6.45, 7) is 0.797. The van der Waals surface area contributed by atoms with E-state index < -0.39 is 5.60 Å². The highest BCUT2D eigenvalue weighted by molar-refractivity contribution is 5.98. The first kappa shape index (κ1) is 20.5. The molecule has 1 amide bonds. The lowest BCUT2D eigenvalue weighted by atomic mass is 10.0. The molecule has 4 heterocycles. The van der Waals surface area contributed by atoms with Gasteiger partial charge in [0, 0.05) is 23.7 Å². The number of imidazole rings is 1. The van der Waals surface area contributed by atoms with Crippen LogP contribution in [0.2, 0.25) is 0 Å². The molecule has 0 aliphatic carbocycles. The van der Waals surface area contributed by atoms with Crippen molar-refractivity contribution >= 4 is 28.3 Å².